The van der Waals surface area contributed by atoms with Crippen LogP contribution in [-0.2, 0) is 4.79 Å². The zero-order valence-electron chi connectivity index (χ0n) is 3.56. The Morgan fingerprint density at radius 3 is 2.00 bits per heavy atom. The van der Waals surface area contributed by atoms with E-state index in [0.29, 0.717) is 3.67 Å². The molecule has 0 fully saturated rings. The van der Waals surface area contributed by atoms with Crippen LogP contribution in [0.4, 0.5) is 0 Å². The molecule has 0 spiro atoms. The summed E-state index contributed by atoms with van der Waals surface area (Å²) in [4.78, 5) is 9.40. The van der Waals surface area contributed by atoms with Gasteiger partial charge >= 0.3 is 47.5 Å². The fraction of sp³-hybridized carbons (Fsp3) is 0.500. The van der Waals surface area contributed by atoms with E-state index in [-0.39, 0.29) is 5.48 Å². The molecule has 0 aliphatic heterocycles. The number of carbonyl (C=O) groups is 1. The zero-order valence-corrected chi connectivity index (χ0v) is 5.56. The van der Waals surface area contributed by atoms with Crippen molar-refractivity contribution in [1.82, 2.24) is 0 Å². The van der Waals surface area contributed by atoms with E-state index in [0.717, 1.165) is 27.9 Å². The van der Waals surface area contributed by atoms with E-state index in [1.807, 2.05) is 0 Å². The van der Waals surface area contributed by atoms with E-state index >= 15 is 0 Å². The van der Waals surface area contributed by atoms with Gasteiger partial charge in [-0.3, -0.25) is 0 Å². The Kier molecular flexibility index (Phi) is 8.74. The van der Waals surface area contributed by atoms with Crippen molar-refractivity contribution in [3.8, 4) is 0 Å². The van der Waals surface area contributed by atoms with E-state index in [2.05, 4.69) is 0 Å². The molecule has 0 heterocycles. The van der Waals surface area contributed by atoms with Crippen LogP contribution in [0.3, 0.4) is 0 Å². The van der Waals surface area contributed by atoms with Gasteiger partial charge in [0.1, 0.15) is 0 Å². The summed E-state index contributed by atoms with van der Waals surface area (Å²) in [5, 5.41) is 7.76. The molecule has 0 atom stereocenters. The van der Waals surface area contributed by atoms with E-state index in [1.54, 1.807) is 0 Å². The topological polar surface area (TPSA) is 68.8 Å². The average molecular weight is 100 g/mol. The van der Waals surface area contributed by atoms with Gasteiger partial charge in [0, 0.05) is 0 Å². The molecule has 0 saturated heterocycles. The van der Waals surface area contributed by atoms with Gasteiger partial charge in [-0.25, -0.2) is 0 Å². The summed E-state index contributed by atoms with van der Waals surface area (Å²) < 4.78 is 0.361. The van der Waals surface area contributed by atoms with Gasteiger partial charge in [0.15, 0.2) is 0 Å². The van der Waals surface area contributed by atoms with Crippen molar-refractivity contribution in [2.45, 2.75) is 3.67 Å². The van der Waals surface area contributed by atoms with Gasteiger partial charge < -0.3 is 5.48 Å². The second-order valence-electron chi connectivity index (χ2n) is 0.747. The van der Waals surface area contributed by atoms with Gasteiger partial charge in [-0.15, -0.1) is 0 Å². The molecule has 0 radical (unpaired) electrons. The Balaban J connectivity index is 0. The molecule has 0 aromatic carbocycles. The standard InChI is InChI=1S/C2H3O2.Na.H2O/c1-2(3)4;;/h1H2,(H,3,4);;1H2. The number of hydrogen-bond donors (Lipinski definition) is 1. The van der Waals surface area contributed by atoms with Crippen LogP contribution in [0, 0.1) is 0 Å². The Bertz CT molecular complexity index is 44.1. The summed E-state index contributed by atoms with van der Waals surface area (Å²) in [5.41, 5.74) is 0. The van der Waals surface area contributed by atoms with Crippen LogP contribution in [0.5, 0.6) is 0 Å². The first-order valence-corrected chi connectivity index (χ1v) is 2.90. The molecule has 3 N–H and O–H groups in total. The zero-order chi connectivity index (χ0) is 4.28. The van der Waals surface area contributed by atoms with Crippen LogP contribution in [-0.4, -0.2) is 44.5 Å². The monoisotopic (exact) mass is 100 g/mol. The molecule has 0 aliphatic carbocycles. The SMILES string of the molecule is O.O=C(O)[CH2][Na]. The molecule has 32 valence electrons. The van der Waals surface area contributed by atoms with Crippen LogP contribution >= 0.6 is 0 Å². The van der Waals surface area contributed by atoms with Crippen molar-refractivity contribution in [2.24, 2.45) is 0 Å². The molecular formula is C2H5NaO3. The van der Waals surface area contributed by atoms with Crippen molar-refractivity contribution < 1.29 is 15.4 Å². The van der Waals surface area contributed by atoms with Crippen LogP contribution in [0.1, 0.15) is 0 Å². The predicted octanol–water partition coefficient (Wildman–Crippen LogP) is -1.17. The number of carboxylic acid groups (broad SMARTS) is 1. The molecule has 0 aromatic heterocycles. The molecule has 0 aliphatic rings. The van der Waals surface area contributed by atoms with E-state index < -0.39 is 5.97 Å². The minimum absolute atomic E-state index is 0. The summed E-state index contributed by atoms with van der Waals surface area (Å²) in [7, 11) is 0. The molecule has 4 heteroatoms. The normalized spacial score (nSPS) is 6.33. The third-order valence-electron chi connectivity index (χ3n) is 0.302. The fourth-order valence-corrected chi connectivity index (χ4v) is 0. The Morgan fingerprint density at radius 2 is 2.00 bits per heavy atom. The summed E-state index contributed by atoms with van der Waals surface area (Å²) in [6, 6.07) is 0. The maximum absolute atomic E-state index is 9.40. The van der Waals surface area contributed by atoms with Gasteiger partial charge in [-0.1, -0.05) is 0 Å². The van der Waals surface area contributed by atoms with Crippen LogP contribution in [0.2, 0.25) is 3.67 Å². The van der Waals surface area contributed by atoms with E-state index in [4.69, 9.17) is 5.11 Å². The second kappa shape index (κ2) is 5.43. The molecule has 0 saturated carbocycles. The van der Waals surface area contributed by atoms with Crippen molar-refractivity contribution in [3.63, 3.8) is 0 Å². The third kappa shape index (κ3) is 8.83. The van der Waals surface area contributed by atoms with Crippen molar-refractivity contribution >= 4 is 33.9 Å². The number of hydrogen-bond acceptors (Lipinski definition) is 1. The molecule has 3 nitrogen and oxygen atoms in total. The van der Waals surface area contributed by atoms with E-state index in [9.17, 15) is 4.79 Å². The molecule has 0 bridgehead atoms. The van der Waals surface area contributed by atoms with Crippen molar-refractivity contribution in [3.05, 3.63) is 0 Å². The minimum atomic E-state index is -0.684. The van der Waals surface area contributed by atoms with Gasteiger partial charge in [-0.05, 0) is 0 Å². The number of carboxylic acids is 1. The molecule has 6 heavy (non-hydrogen) atoms. The van der Waals surface area contributed by atoms with E-state index in [1.165, 1.54) is 0 Å². The van der Waals surface area contributed by atoms with Gasteiger partial charge in [0.05, 0.1) is 0 Å². The number of rotatable bonds is 1. The molecule has 0 unspecified atom stereocenters. The van der Waals surface area contributed by atoms with Gasteiger partial charge in [-0.2, -0.15) is 0 Å². The van der Waals surface area contributed by atoms with Crippen LogP contribution in [0.15, 0.2) is 0 Å². The van der Waals surface area contributed by atoms with Crippen LogP contribution < -0.4 is 0 Å². The third-order valence-corrected chi connectivity index (χ3v) is 0.907. The quantitative estimate of drug-likeness (QED) is 0.422. The number of aliphatic carboxylic acids is 1. The molecular weight excluding hydrogens is 95.0 g/mol. The van der Waals surface area contributed by atoms with Gasteiger partial charge in [0.2, 0.25) is 0 Å². The maximum atomic E-state index is 9.40. The van der Waals surface area contributed by atoms with Crippen LogP contribution in [0.25, 0.3) is 0 Å². The average Bonchev–Trinajstić information content (AvgIpc) is 1.38. The molecule has 0 rings (SSSR count). The first-order chi connectivity index (χ1) is 2.27. The first-order valence-electron chi connectivity index (χ1n) is 1.49. The summed E-state index contributed by atoms with van der Waals surface area (Å²) >= 11 is 0.774. The van der Waals surface area contributed by atoms with Crippen molar-refractivity contribution in [2.75, 3.05) is 0 Å². The van der Waals surface area contributed by atoms with Gasteiger partial charge in [0.25, 0.3) is 0 Å². The summed E-state index contributed by atoms with van der Waals surface area (Å²) in [6.07, 6.45) is 0. The Labute approximate surface area is 53.1 Å². The second-order valence-corrected chi connectivity index (χ2v) is 1.45. The predicted molar refractivity (Wildman–Crippen MR) is 21.8 cm³/mol. The fourth-order valence-electron chi connectivity index (χ4n) is 0. The summed E-state index contributed by atoms with van der Waals surface area (Å²) in [5.74, 6) is -0.684. The van der Waals surface area contributed by atoms with Crippen molar-refractivity contribution in [1.29, 1.82) is 0 Å². The summed E-state index contributed by atoms with van der Waals surface area (Å²) in [6.45, 7) is 0. The Morgan fingerprint density at radius 1 is 1.83 bits per heavy atom. The first kappa shape index (κ1) is 9.66. The Hall–Kier alpha value is 0.430. The molecule has 0 amide bonds. The molecule has 0 aromatic rings.